The summed E-state index contributed by atoms with van der Waals surface area (Å²) < 4.78 is 87.5. The lowest BCUT2D eigenvalue weighted by atomic mass is 10.0. The minimum absolute atomic E-state index is 0.0118. The number of furan rings is 1. The molecule has 2 aromatic heterocycles. The molecule has 0 saturated carbocycles. The van der Waals surface area contributed by atoms with E-state index in [0.29, 0.717) is 12.1 Å². The van der Waals surface area contributed by atoms with Gasteiger partial charge >= 0.3 is 12.4 Å². The molecule has 3 N–H and O–H groups in total. The quantitative estimate of drug-likeness (QED) is 0.534. The van der Waals surface area contributed by atoms with Crippen molar-refractivity contribution in [2.45, 2.75) is 18.9 Å². The molecule has 0 radical (unpaired) electrons. The lowest BCUT2D eigenvalue weighted by molar-refractivity contribution is -0.143. The van der Waals surface area contributed by atoms with Gasteiger partial charge in [0.2, 0.25) is 5.88 Å². The number of nitrogens with zero attached hydrogens (tertiary/aromatic N) is 1. The smallest absolute Gasteiger partial charge is 0.416 e. The zero-order valence-electron chi connectivity index (χ0n) is 14.5. The van der Waals surface area contributed by atoms with Crippen LogP contribution in [0, 0.1) is 0 Å². The molecule has 160 valence electrons. The number of nitrogens with two attached hydrogens (primary N) is 1. The van der Waals surface area contributed by atoms with Gasteiger partial charge in [-0.2, -0.15) is 26.3 Å². The highest BCUT2D eigenvalue weighted by atomic mass is 35.5. The zero-order valence-corrected chi connectivity index (χ0v) is 15.2. The number of amides is 1. The van der Waals surface area contributed by atoms with E-state index in [2.05, 4.69) is 10.5 Å². The highest BCUT2D eigenvalue weighted by molar-refractivity contribution is 6.29. The topological polar surface area (TPSA) is 94.3 Å². The monoisotopic (exact) mass is 453 g/mol. The average Bonchev–Trinajstić information content (AvgIpc) is 3.23. The Labute approximate surface area is 168 Å². The van der Waals surface area contributed by atoms with E-state index in [-0.39, 0.29) is 28.3 Å². The average molecular weight is 454 g/mol. The number of carbonyl (C=O) groups excluding carboxylic acids is 1. The first kappa shape index (κ1) is 21.6. The number of alkyl halides is 6. The van der Waals surface area contributed by atoms with E-state index in [1.54, 1.807) is 0 Å². The maximum Gasteiger partial charge on any atom is 0.416 e. The third-order valence-electron chi connectivity index (χ3n) is 3.85. The number of nitrogen functional groups attached to an aromatic ring is 1. The Hall–Kier alpha value is -3.15. The first-order valence-electron chi connectivity index (χ1n) is 7.93. The van der Waals surface area contributed by atoms with Gasteiger partial charge in [-0.25, -0.2) is 0 Å². The molecule has 0 aliphatic rings. The third-order valence-corrected chi connectivity index (χ3v) is 4.06. The van der Waals surface area contributed by atoms with Gasteiger partial charge in [0.25, 0.3) is 5.91 Å². The van der Waals surface area contributed by atoms with Gasteiger partial charge in [-0.05, 0) is 47.5 Å². The zero-order chi connectivity index (χ0) is 22.3. The SMILES string of the molecule is Nc1onc(-c2ccc(Cl)o2)c1C(=O)NCc1cc(C(F)(F)F)cc(C(F)(F)F)c1. The number of carbonyl (C=O) groups is 1. The number of benzene rings is 1. The van der Waals surface area contributed by atoms with Gasteiger partial charge in [0, 0.05) is 6.54 Å². The molecule has 0 spiro atoms. The Morgan fingerprint density at radius 1 is 1.07 bits per heavy atom. The van der Waals surface area contributed by atoms with Gasteiger partial charge in [-0.3, -0.25) is 4.79 Å². The molecular formula is C17H10ClF6N3O3. The fourth-order valence-corrected chi connectivity index (χ4v) is 2.67. The van der Waals surface area contributed by atoms with E-state index >= 15 is 0 Å². The van der Waals surface area contributed by atoms with E-state index in [4.69, 9.17) is 26.3 Å². The lowest BCUT2D eigenvalue weighted by Crippen LogP contribution is -2.24. The Morgan fingerprint density at radius 3 is 2.17 bits per heavy atom. The number of nitrogens with one attached hydrogen (secondary N) is 1. The van der Waals surface area contributed by atoms with Crippen LogP contribution in [0.2, 0.25) is 5.22 Å². The van der Waals surface area contributed by atoms with Gasteiger partial charge in [0.1, 0.15) is 5.56 Å². The second-order valence-electron chi connectivity index (χ2n) is 5.97. The molecule has 0 aliphatic heterocycles. The minimum atomic E-state index is -5.01. The molecule has 0 bridgehead atoms. The summed E-state index contributed by atoms with van der Waals surface area (Å²) in [5.41, 5.74) is 1.66. The van der Waals surface area contributed by atoms with Crippen LogP contribution in [0.15, 0.2) is 39.3 Å². The number of hydrogen-bond donors (Lipinski definition) is 2. The molecule has 1 aromatic carbocycles. The van der Waals surface area contributed by atoms with Crippen LogP contribution in [0.1, 0.15) is 27.0 Å². The Morgan fingerprint density at radius 2 is 1.67 bits per heavy atom. The first-order chi connectivity index (χ1) is 13.9. The Balaban J connectivity index is 1.88. The second-order valence-corrected chi connectivity index (χ2v) is 6.34. The van der Waals surface area contributed by atoms with Gasteiger partial charge in [-0.15, -0.1) is 0 Å². The summed E-state index contributed by atoms with van der Waals surface area (Å²) in [6, 6.07) is 3.70. The molecule has 0 fully saturated rings. The van der Waals surface area contributed by atoms with Crippen LogP contribution in [0.25, 0.3) is 11.5 Å². The van der Waals surface area contributed by atoms with Gasteiger partial charge < -0.3 is 20.0 Å². The minimum Gasteiger partial charge on any atom is -0.443 e. The fraction of sp³-hybridized carbons (Fsp3) is 0.176. The van der Waals surface area contributed by atoms with E-state index in [1.165, 1.54) is 12.1 Å². The molecular weight excluding hydrogens is 444 g/mol. The number of anilines is 1. The van der Waals surface area contributed by atoms with E-state index < -0.39 is 47.4 Å². The molecule has 0 atom stereocenters. The van der Waals surface area contributed by atoms with Crippen molar-refractivity contribution in [1.82, 2.24) is 10.5 Å². The molecule has 2 heterocycles. The van der Waals surface area contributed by atoms with Crippen LogP contribution >= 0.6 is 11.6 Å². The van der Waals surface area contributed by atoms with Crippen LogP contribution in [-0.2, 0) is 18.9 Å². The maximum atomic E-state index is 12.9. The number of hydrogen-bond acceptors (Lipinski definition) is 5. The largest absolute Gasteiger partial charge is 0.443 e. The number of aromatic nitrogens is 1. The molecule has 30 heavy (non-hydrogen) atoms. The second kappa shape index (κ2) is 7.59. The maximum absolute atomic E-state index is 12.9. The summed E-state index contributed by atoms with van der Waals surface area (Å²) in [7, 11) is 0. The fourth-order valence-electron chi connectivity index (χ4n) is 2.52. The van der Waals surface area contributed by atoms with Crippen molar-refractivity contribution in [3.05, 3.63) is 57.8 Å². The van der Waals surface area contributed by atoms with Gasteiger partial charge in [0.15, 0.2) is 16.7 Å². The van der Waals surface area contributed by atoms with Crippen LogP contribution in [0.3, 0.4) is 0 Å². The summed E-state index contributed by atoms with van der Waals surface area (Å²) in [4.78, 5) is 12.5. The highest BCUT2D eigenvalue weighted by Crippen LogP contribution is 2.36. The molecule has 0 aliphatic carbocycles. The number of rotatable bonds is 4. The van der Waals surface area contributed by atoms with Crippen LogP contribution in [0.4, 0.5) is 32.2 Å². The molecule has 6 nitrogen and oxygen atoms in total. The standard InChI is InChI=1S/C17H10ClF6N3O3/c18-11-2-1-10(29-11)13-12(14(25)30-27-13)15(28)26-6-7-3-8(16(19,20)21)5-9(4-7)17(22,23)24/h1-5H,6,25H2,(H,26,28). The summed E-state index contributed by atoms with van der Waals surface area (Å²) in [6.07, 6.45) is -10.0. The molecule has 0 unspecified atom stereocenters. The first-order valence-corrected chi connectivity index (χ1v) is 8.31. The van der Waals surface area contributed by atoms with Gasteiger partial charge in [-0.1, -0.05) is 5.16 Å². The van der Waals surface area contributed by atoms with Crippen molar-refractivity contribution in [3.8, 4) is 11.5 Å². The summed E-state index contributed by atoms with van der Waals surface area (Å²) in [6.45, 7) is -0.658. The van der Waals surface area contributed by atoms with E-state index in [1.807, 2.05) is 0 Å². The summed E-state index contributed by atoms with van der Waals surface area (Å²) in [5, 5.41) is 5.72. The molecule has 13 heteroatoms. The van der Waals surface area contributed by atoms with Crippen molar-refractivity contribution in [2.24, 2.45) is 0 Å². The van der Waals surface area contributed by atoms with Crippen molar-refractivity contribution in [3.63, 3.8) is 0 Å². The molecule has 1 amide bonds. The summed E-state index contributed by atoms with van der Waals surface area (Å²) in [5.74, 6) is -1.37. The highest BCUT2D eigenvalue weighted by Gasteiger charge is 2.37. The lowest BCUT2D eigenvalue weighted by Gasteiger charge is -2.14. The van der Waals surface area contributed by atoms with Crippen molar-refractivity contribution < 1.29 is 40.1 Å². The van der Waals surface area contributed by atoms with Crippen LogP contribution in [-0.4, -0.2) is 11.1 Å². The van der Waals surface area contributed by atoms with Crippen LogP contribution in [0.5, 0.6) is 0 Å². The molecule has 3 aromatic rings. The van der Waals surface area contributed by atoms with Gasteiger partial charge in [0.05, 0.1) is 11.1 Å². The van der Waals surface area contributed by atoms with Crippen molar-refractivity contribution in [2.75, 3.05) is 5.73 Å². The molecule has 3 rings (SSSR count). The predicted octanol–water partition coefficient (Wildman–Crippen LogP) is 5.14. The predicted molar refractivity (Wildman–Crippen MR) is 91.2 cm³/mol. The Bertz CT molecular complexity index is 1060. The Kier molecular flexibility index (Phi) is 5.46. The van der Waals surface area contributed by atoms with Crippen LogP contribution < -0.4 is 11.1 Å². The van der Waals surface area contributed by atoms with E-state index in [0.717, 1.165) is 0 Å². The third kappa shape index (κ3) is 4.53. The normalized spacial score (nSPS) is 12.2. The molecule has 0 saturated heterocycles. The van der Waals surface area contributed by atoms with Crippen molar-refractivity contribution in [1.29, 1.82) is 0 Å². The summed E-state index contributed by atoms with van der Waals surface area (Å²) >= 11 is 5.65. The van der Waals surface area contributed by atoms with E-state index in [9.17, 15) is 31.1 Å². The van der Waals surface area contributed by atoms with Crippen molar-refractivity contribution >= 4 is 23.4 Å². The number of halogens is 7.